The van der Waals surface area contributed by atoms with Gasteiger partial charge in [-0.05, 0) is 35.4 Å². The summed E-state index contributed by atoms with van der Waals surface area (Å²) < 4.78 is 0. The minimum absolute atomic E-state index is 0.784. The summed E-state index contributed by atoms with van der Waals surface area (Å²) in [6.45, 7) is 0.813. The molecule has 0 aliphatic carbocycles. The Labute approximate surface area is 106 Å². The van der Waals surface area contributed by atoms with Crippen LogP contribution in [0.4, 0.5) is 17.1 Å². The number of nitrogen functional groups attached to an aromatic ring is 2. The molecule has 0 bridgehead atoms. The summed E-state index contributed by atoms with van der Waals surface area (Å²) in [7, 11) is 0. The Morgan fingerprint density at radius 2 is 1.78 bits per heavy atom. The number of hydrogen-bond acceptors (Lipinski definition) is 3. The van der Waals surface area contributed by atoms with Crippen molar-refractivity contribution < 1.29 is 0 Å². The van der Waals surface area contributed by atoms with Crippen molar-refractivity contribution in [1.29, 1.82) is 0 Å². The van der Waals surface area contributed by atoms with Gasteiger partial charge in [0.05, 0.1) is 11.4 Å². The molecule has 2 aromatic carbocycles. The number of para-hydroxylation sites is 1. The van der Waals surface area contributed by atoms with Gasteiger partial charge in [0, 0.05) is 17.8 Å². The maximum absolute atomic E-state index is 5.94. The minimum Gasteiger partial charge on any atom is -0.399 e. The molecule has 3 rings (SSSR count). The van der Waals surface area contributed by atoms with Crippen molar-refractivity contribution in [3.8, 4) is 0 Å². The molecule has 90 valence electrons. The Kier molecular flexibility index (Phi) is 2.45. The van der Waals surface area contributed by atoms with Crippen molar-refractivity contribution in [3.63, 3.8) is 0 Å². The van der Waals surface area contributed by atoms with Gasteiger partial charge in [-0.3, -0.25) is 0 Å². The van der Waals surface area contributed by atoms with Gasteiger partial charge in [0.25, 0.3) is 0 Å². The van der Waals surface area contributed by atoms with E-state index in [9.17, 15) is 0 Å². The lowest BCUT2D eigenvalue weighted by atomic mass is 10.0. The van der Waals surface area contributed by atoms with E-state index in [1.807, 2.05) is 36.4 Å². The highest BCUT2D eigenvalue weighted by molar-refractivity contribution is 5.96. The summed E-state index contributed by atoms with van der Waals surface area (Å²) in [5.41, 5.74) is 17.8. The van der Waals surface area contributed by atoms with Crippen LogP contribution in [-0.4, -0.2) is 6.54 Å². The molecule has 0 unspecified atom stereocenters. The smallest absolute Gasteiger partial charge is 0.0653 e. The summed E-state index contributed by atoms with van der Waals surface area (Å²) in [6.07, 6.45) is 2.16. The molecule has 1 aliphatic heterocycles. The molecule has 0 aromatic heterocycles. The molecule has 1 aliphatic rings. The molecular formula is C15H15N3. The average Bonchev–Trinajstić information content (AvgIpc) is 2.77. The second-order valence-electron chi connectivity index (χ2n) is 4.46. The molecule has 0 radical (unpaired) electrons. The first-order chi connectivity index (χ1) is 8.74. The van der Waals surface area contributed by atoms with Crippen LogP contribution >= 0.6 is 0 Å². The van der Waals surface area contributed by atoms with E-state index in [0.717, 1.165) is 29.2 Å². The third-order valence-electron chi connectivity index (χ3n) is 3.18. The van der Waals surface area contributed by atoms with E-state index in [0.29, 0.717) is 0 Å². The number of benzene rings is 2. The van der Waals surface area contributed by atoms with Gasteiger partial charge in [0.2, 0.25) is 0 Å². The fourth-order valence-electron chi connectivity index (χ4n) is 2.24. The minimum atomic E-state index is 0.784. The largest absolute Gasteiger partial charge is 0.399 e. The molecular weight excluding hydrogens is 222 g/mol. The fraction of sp³-hybridized carbons (Fsp3) is 0.0667. The van der Waals surface area contributed by atoms with Crippen molar-refractivity contribution in [3.05, 3.63) is 53.6 Å². The van der Waals surface area contributed by atoms with Crippen LogP contribution in [0.25, 0.3) is 11.6 Å². The Bertz CT molecular complexity index is 612. The van der Waals surface area contributed by atoms with E-state index in [4.69, 9.17) is 11.5 Å². The quantitative estimate of drug-likeness (QED) is 0.668. The van der Waals surface area contributed by atoms with Gasteiger partial charge in [0.1, 0.15) is 0 Å². The molecule has 0 saturated carbocycles. The average molecular weight is 237 g/mol. The topological polar surface area (TPSA) is 64.1 Å². The highest BCUT2D eigenvalue weighted by Gasteiger charge is 2.16. The third-order valence-corrected chi connectivity index (χ3v) is 3.18. The number of hydrogen-bond donors (Lipinski definition) is 3. The number of fused-ring (bicyclic) bond motifs is 1. The predicted octanol–water partition coefficient (Wildman–Crippen LogP) is 2.82. The summed E-state index contributed by atoms with van der Waals surface area (Å²) in [6, 6.07) is 13.9. The number of nitrogens with one attached hydrogen (secondary N) is 1. The molecule has 0 saturated heterocycles. The zero-order valence-corrected chi connectivity index (χ0v) is 9.98. The van der Waals surface area contributed by atoms with Crippen LogP contribution in [0, 0.1) is 0 Å². The molecule has 2 aromatic rings. The lowest BCUT2D eigenvalue weighted by molar-refractivity contribution is 1.45. The molecule has 0 atom stereocenters. The second-order valence-corrected chi connectivity index (χ2v) is 4.46. The lowest BCUT2D eigenvalue weighted by Crippen LogP contribution is -1.95. The van der Waals surface area contributed by atoms with E-state index in [2.05, 4.69) is 17.5 Å². The van der Waals surface area contributed by atoms with Gasteiger partial charge in [-0.2, -0.15) is 0 Å². The zero-order chi connectivity index (χ0) is 12.5. The Balaban J connectivity index is 2.01. The van der Waals surface area contributed by atoms with Crippen molar-refractivity contribution in [1.82, 2.24) is 0 Å². The van der Waals surface area contributed by atoms with Crippen LogP contribution in [0.15, 0.2) is 42.5 Å². The summed E-state index contributed by atoms with van der Waals surface area (Å²) in [4.78, 5) is 0. The van der Waals surface area contributed by atoms with E-state index in [1.165, 1.54) is 11.1 Å². The Morgan fingerprint density at radius 3 is 2.56 bits per heavy atom. The molecule has 0 amide bonds. The second kappa shape index (κ2) is 4.11. The van der Waals surface area contributed by atoms with Crippen LogP contribution in [0.3, 0.4) is 0 Å². The van der Waals surface area contributed by atoms with Crippen LogP contribution in [0.5, 0.6) is 0 Å². The van der Waals surface area contributed by atoms with Crippen LogP contribution in [-0.2, 0) is 0 Å². The van der Waals surface area contributed by atoms with Crippen LogP contribution in [0.2, 0.25) is 0 Å². The molecule has 18 heavy (non-hydrogen) atoms. The zero-order valence-electron chi connectivity index (χ0n) is 9.98. The van der Waals surface area contributed by atoms with Crippen molar-refractivity contribution in [2.24, 2.45) is 0 Å². The van der Waals surface area contributed by atoms with E-state index < -0.39 is 0 Å². The standard InChI is InChI=1S/C15H15N3/c16-12-6-4-10(5-7-12)8-11-9-18-15-13(11)2-1-3-14(15)17/h1-8,18H,9,16-17H2. The maximum Gasteiger partial charge on any atom is 0.0653 e. The van der Waals surface area contributed by atoms with E-state index in [1.54, 1.807) is 0 Å². The maximum atomic E-state index is 5.94. The SMILES string of the molecule is Nc1ccc(C=C2CNc3c(N)cccc32)cc1. The Hall–Kier alpha value is -2.42. The highest BCUT2D eigenvalue weighted by atomic mass is 14.9. The summed E-state index contributed by atoms with van der Waals surface area (Å²) in [5, 5.41) is 3.33. The number of rotatable bonds is 1. The van der Waals surface area contributed by atoms with Gasteiger partial charge in [-0.1, -0.05) is 24.3 Å². The normalized spacial score (nSPS) is 15.4. The van der Waals surface area contributed by atoms with E-state index >= 15 is 0 Å². The first kappa shape index (κ1) is 10.7. The van der Waals surface area contributed by atoms with Crippen LogP contribution < -0.4 is 16.8 Å². The highest BCUT2D eigenvalue weighted by Crippen LogP contribution is 2.35. The molecule has 3 nitrogen and oxygen atoms in total. The first-order valence-electron chi connectivity index (χ1n) is 5.93. The van der Waals surface area contributed by atoms with Gasteiger partial charge >= 0.3 is 0 Å². The monoisotopic (exact) mass is 237 g/mol. The summed E-state index contributed by atoms with van der Waals surface area (Å²) in [5.74, 6) is 0. The molecule has 0 fully saturated rings. The predicted molar refractivity (Wildman–Crippen MR) is 78.1 cm³/mol. The first-order valence-corrected chi connectivity index (χ1v) is 5.93. The van der Waals surface area contributed by atoms with Crippen molar-refractivity contribution in [2.75, 3.05) is 23.3 Å². The lowest BCUT2D eigenvalue weighted by Gasteiger charge is -2.02. The molecule has 0 spiro atoms. The summed E-state index contributed by atoms with van der Waals surface area (Å²) >= 11 is 0. The van der Waals surface area contributed by atoms with Crippen molar-refractivity contribution >= 4 is 28.7 Å². The molecule has 3 heteroatoms. The Morgan fingerprint density at radius 1 is 1.00 bits per heavy atom. The van der Waals surface area contributed by atoms with Crippen LogP contribution in [0.1, 0.15) is 11.1 Å². The number of nitrogens with two attached hydrogens (primary N) is 2. The van der Waals surface area contributed by atoms with Gasteiger partial charge in [-0.25, -0.2) is 0 Å². The van der Waals surface area contributed by atoms with Gasteiger partial charge < -0.3 is 16.8 Å². The van der Waals surface area contributed by atoms with Crippen molar-refractivity contribution in [2.45, 2.75) is 0 Å². The third kappa shape index (κ3) is 1.80. The molecule has 1 heterocycles. The van der Waals surface area contributed by atoms with Gasteiger partial charge in [0.15, 0.2) is 0 Å². The number of anilines is 3. The van der Waals surface area contributed by atoms with Gasteiger partial charge in [-0.15, -0.1) is 0 Å². The molecule has 5 N–H and O–H groups in total. The van der Waals surface area contributed by atoms with E-state index in [-0.39, 0.29) is 0 Å². The fourth-order valence-corrected chi connectivity index (χ4v) is 2.24.